The average Bonchev–Trinajstić information content (AvgIpc) is 3.89. The lowest BCUT2D eigenvalue weighted by atomic mass is 9.68. The van der Waals surface area contributed by atoms with Crippen molar-refractivity contribution >= 4 is 111 Å². The Morgan fingerprint density at radius 1 is 0.422 bits per heavy atom. The Kier molecular flexibility index (Phi) is 8.68. The molecule has 0 N–H and O–H groups in total. The van der Waals surface area contributed by atoms with Gasteiger partial charge in [0.15, 0.2) is 11.2 Å². The number of nitrogens with zero attached hydrogens (tertiary/aromatic N) is 2. The Labute approximate surface area is 376 Å². The fourth-order valence-corrected chi connectivity index (χ4v) is 13.6. The van der Waals surface area contributed by atoms with Crippen molar-refractivity contribution in [1.29, 1.82) is 0 Å². The molecule has 2 unspecified atom stereocenters. The van der Waals surface area contributed by atoms with Gasteiger partial charge in [-0.25, -0.2) is 0 Å². The largest absolute Gasteiger partial charge is 0.454 e. The Balaban J connectivity index is 1.06. The topological polar surface area (TPSA) is 32.8 Å². The van der Waals surface area contributed by atoms with Gasteiger partial charge < -0.3 is 18.6 Å². The number of allylic oxidation sites excluding steroid dienone is 5. The van der Waals surface area contributed by atoms with Crippen molar-refractivity contribution in [2.45, 2.75) is 45.2 Å². The first-order chi connectivity index (χ1) is 31.0. The van der Waals surface area contributed by atoms with E-state index >= 15 is 0 Å². The second-order valence-corrected chi connectivity index (χ2v) is 29.7. The molecular formula is C58H50N2O2Si2. The van der Waals surface area contributed by atoms with Crippen molar-refractivity contribution < 1.29 is 8.83 Å². The fraction of sp³-hybridized carbons (Fsp3) is 0.138. The van der Waals surface area contributed by atoms with E-state index in [1.54, 1.807) is 0 Å². The quantitative estimate of drug-likeness (QED) is 0.143. The zero-order valence-electron chi connectivity index (χ0n) is 37.2. The van der Waals surface area contributed by atoms with Gasteiger partial charge in [0.25, 0.3) is 0 Å². The Morgan fingerprint density at radius 3 is 1.48 bits per heavy atom. The molecule has 9 aromatic rings. The van der Waals surface area contributed by atoms with E-state index in [1.807, 2.05) is 0 Å². The zero-order chi connectivity index (χ0) is 43.5. The molecule has 2 atom stereocenters. The highest BCUT2D eigenvalue weighted by Crippen LogP contribution is 2.54. The summed E-state index contributed by atoms with van der Waals surface area (Å²) in [5.41, 5.74) is 15.6. The van der Waals surface area contributed by atoms with Crippen molar-refractivity contribution in [2.75, 3.05) is 9.80 Å². The summed E-state index contributed by atoms with van der Waals surface area (Å²) >= 11 is 0. The molecule has 0 amide bonds. The molecule has 0 spiro atoms. The van der Waals surface area contributed by atoms with Gasteiger partial charge in [-0.1, -0.05) is 173 Å². The first kappa shape index (κ1) is 38.8. The number of para-hydroxylation sites is 6. The first-order valence-corrected chi connectivity index (χ1v) is 29.6. The minimum Gasteiger partial charge on any atom is -0.454 e. The number of rotatable bonds is 8. The summed E-state index contributed by atoms with van der Waals surface area (Å²) in [4.78, 5) is 4.86. The first-order valence-electron chi connectivity index (χ1n) is 22.6. The maximum absolute atomic E-state index is 7.08. The zero-order valence-corrected chi connectivity index (χ0v) is 39.2. The number of furan rings is 2. The normalized spacial score (nSPS) is 16.7. The van der Waals surface area contributed by atoms with Crippen molar-refractivity contribution in [3.8, 4) is 0 Å². The van der Waals surface area contributed by atoms with E-state index < -0.39 is 16.1 Å². The van der Waals surface area contributed by atoms with Gasteiger partial charge in [0.05, 0.1) is 33.2 Å². The summed E-state index contributed by atoms with van der Waals surface area (Å²) in [5.74, 6) is 0.312. The standard InChI is InChI=1S/C58H50N2O2Si2/c1-63(2,3)51-27-15-23-43-41-21-13-25-49(55(41)61-57(43)51)59(39-17-9-7-10-18-39)47-35-31-37-30-34-46-48(36-32-38-29-33-45(47)53(37)54(38)46)60(40-19-11-8-12-20-40)50-26-14-22-42-44-24-16-28-52(64(4,5)6)58(44)62-56(42)50/h7-37,53H,1-6H3. The molecule has 64 heavy (non-hydrogen) atoms. The van der Waals surface area contributed by atoms with Crippen LogP contribution in [0.1, 0.15) is 22.6 Å². The lowest BCUT2D eigenvalue weighted by Gasteiger charge is -2.41. The van der Waals surface area contributed by atoms with Gasteiger partial charge in [-0.05, 0) is 75.6 Å². The molecule has 0 radical (unpaired) electrons. The van der Waals surface area contributed by atoms with E-state index in [0.717, 1.165) is 67.2 Å². The van der Waals surface area contributed by atoms with Crippen LogP contribution in [0.25, 0.3) is 56.0 Å². The summed E-state index contributed by atoms with van der Waals surface area (Å²) in [7, 11) is -3.41. The van der Waals surface area contributed by atoms with Crippen molar-refractivity contribution in [3.05, 3.63) is 198 Å². The molecule has 0 aliphatic heterocycles. The third-order valence-corrected chi connectivity index (χ3v) is 17.7. The third kappa shape index (κ3) is 5.92. The van der Waals surface area contributed by atoms with E-state index in [-0.39, 0.29) is 11.8 Å². The highest BCUT2D eigenvalue weighted by molar-refractivity contribution is 6.90. The number of hydrogen-bond donors (Lipinski definition) is 0. The number of anilines is 5. The van der Waals surface area contributed by atoms with Crippen LogP contribution < -0.4 is 20.2 Å². The molecule has 312 valence electrons. The summed E-state index contributed by atoms with van der Waals surface area (Å²) in [6.45, 7) is 14.4. The van der Waals surface area contributed by atoms with Crippen LogP contribution in [0.3, 0.4) is 0 Å². The number of fused-ring (bicyclic) bond motifs is 6. The number of benzene rings is 7. The van der Waals surface area contributed by atoms with E-state index in [2.05, 4.69) is 231 Å². The van der Waals surface area contributed by atoms with Crippen LogP contribution in [0.2, 0.25) is 39.3 Å². The Bertz CT molecular complexity index is 3490. The number of hydrogen-bond acceptors (Lipinski definition) is 4. The van der Waals surface area contributed by atoms with Gasteiger partial charge in [-0.15, -0.1) is 0 Å². The van der Waals surface area contributed by atoms with Crippen molar-refractivity contribution in [1.82, 2.24) is 0 Å². The highest BCUT2D eigenvalue weighted by atomic mass is 28.3. The van der Waals surface area contributed by atoms with Gasteiger partial charge in [-0.2, -0.15) is 0 Å². The van der Waals surface area contributed by atoms with E-state index in [1.165, 1.54) is 43.4 Å². The molecule has 2 aromatic heterocycles. The minimum absolute atomic E-state index is 0.110. The molecule has 4 nitrogen and oxygen atoms in total. The third-order valence-electron chi connectivity index (χ3n) is 13.6. The van der Waals surface area contributed by atoms with Crippen LogP contribution in [-0.2, 0) is 0 Å². The van der Waals surface area contributed by atoms with Crippen LogP contribution >= 0.6 is 0 Å². The molecule has 3 aliphatic carbocycles. The monoisotopic (exact) mass is 862 g/mol. The maximum atomic E-state index is 7.08. The van der Waals surface area contributed by atoms with E-state index in [0.29, 0.717) is 0 Å². The van der Waals surface area contributed by atoms with Gasteiger partial charge >= 0.3 is 0 Å². The van der Waals surface area contributed by atoms with Crippen LogP contribution in [0.4, 0.5) is 28.4 Å². The summed E-state index contributed by atoms with van der Waals surface area (Å²) in [6.07, 6.45) is 14.3. The highest BCUT2D eigenvalue weighted by Gasteiger charge is 2.39. The summed E-state index contributed by atoms with van der Waals surface area (Å²) in [6, 6.07) is 52.9. The van der Waals surface area contributed by atoms with Crippen LogP contribution in [0.15, 0.2) is 190 Å². The van der Waals surface area contributed by atoms with E-state index in [9.17, 15) is 0 Å². The van der Waals surface area contributed by atoms with Crippen LogP contribution in [0, 0.1) is 5.92 Å². The molecule has 0 bridgehead atoms. The molecule has 2 heterocycles. The lowest BCUT2D eigenvalue weighted by Crippen LogP contribution is -2.37. The van der Waals surface area contributed by atoms with Crippen molar-refractivity contribution in [3.63, 3.8) is 0 Å². The summed E-state index contributed by atoms with van der Waals surface area (Å²) < 4.78 is 14.2. The van der Waals surface area contributed by atoms with Gasteiger partial charge in [0.2, 0.25) is 0 Å². The predicted octanol–water partition coefficient (Wildman–Crippen LogP) is 15.5. The molecule has 7 aromatic carbocycles. The van der Waals surface area contributed by atoms with E-state index in [4.69, 9.17) is 8.83 Å². The molecule has 12 rings (SSSR count). The van der Waals surface area contributed by atoms with Crippen LogP contribution in [0.5, 0.6) is 0 Å². The van der Waals surface area contributed by atoms with Gasteiger partial charge in [0, 0.05) is 56.0 Å². The minimum atomic E-state index is -1.70. The lowest BCUT2D eigenvalue weighted by molar-refractivity contribution is 0.653. The molecule has 0 saturated carbocycles. The average molecular weight is 863 g/mol. The van der Waals surface area contributed by atoms with Gasteiger partial charge in [-0.3, -0.25) is 0 Å². The Morgan fingerprint density at radius 2 is 0.922 bits per heavy atom. The molecule has 0 fully saturated rings. The fourth-order valence-electron chi connectivity index (χ4n) is 10.7. The molecule has 0 saturated heterocycles. The predicted molar refractivity (Wildman–Crippen MR) is 277 cm³/mol. The second kappa shape index (κ2) is 14.3. The summed E-state index contributed by atoms with van der Waals surface area (Å²) in [5, 5.41) is 7.34. The molecule has 3 aliphatic rings. The SMILES string of the molecule is C[Si](C)(C)c1cccc2c1oc1c(N(C3=C4C=Cc5ccc(N(c6ccccc6)c6cccc7c6oc6c([Si](C)(C)C)cccc67)c6c5C4C(C=C3)C=C6)c3ccccc3)cccc12. The van der Waals surface area contributed by atoms with Crippen LogP contribution in [-0.4, -0.2) is 16.1 Å². The second-order valence-electron chi connectivity index (χ2n) is 19.7. The maximum Gasteiger partial charge on any atom is 0.159 e. The van der Waals surface area contributed by atoms with Gasteiger partial charge in [0.1, 0.15) is 11.2 Å². The Hall–Kier alpha value is -6.87. The molecular weight excluding hydrogens is 813 g/mol. The molecule has 6 heteroatoms. The smallest absolute Gasteiger partial charge is 0.159 e. The van der Waals surface area contributed by atoms with Crippen molar-refractivity contribution in [2.24, 2.45) is 5.92 Å².